The molecule has 0 bridgehead atoms. The molecule has 5 heteroatoms. The third-order valence-corrected chi connectivity index (χ3v) is 3.27. The summed E-state index contributed by atoms with van der Waals surface area (Å²) in [5.74, 6) is 0.0736. The molecule has 19 heavy (non-hydrogen) atoms. The lowest BCUT2D eigenvalue weighted by Crippen LogP contribution is -2.33. The van der Waals surface area contributed by atoms with Crippen molar-refractivity contribution in [3.63, 3.8) is 0 Å². The van der Waals surface area contributed by atoms with Gasteiger partial charge in [0, 0.05) is 19.2 Å². The molecular formula is C14H20FN3O. The Kier molecular flexibility index (Phi) is 4.74. The average Bonchev–Trinajstić information content (AvgIpc) is 2.40. The second-order valence-corrected chi connectivity index (χ2v) is 4.97. The Balaban J connectivity index is 1.95. The highest BCUT2D eigenvalue weighted by atomic mass is 19.1. The van der Waals surface area contributed by atoms with Crippen LogP contribution in [-0.2, 0) is 4.79 Å². The maximum Gasteiger partial charge on any atom is 0.221 e. The number of carbonyl (C=O) groups excluding carboxylic acids is 1. The van der Waals surface area contributed by atoms with Gasteiger partial charge in [-0.3, -0.25) is 4.79 Å². The fourth-order valence-corrected chi connectivity index (χ4v) is 2.29. The highest BCUT2D eigenvalue weighted by Crippen LogP contribution is 2.20. The lowest BCUT2D eigenvalue weighted by atomic mass is 10.00. The summed E-state index contributed by atoms with van der Waals surface area (Å²) in [7, 11) is 0. The first kappa shape index (κ1) is 13.8. The van der Waals surface area contributed by atoms with Gasteiger partial charge in [-0.2, -0.15) is 0 Å². The van der Waals surface area contributed by atoms with Gasteiger partial charge in [-0.05, 0) is 50.0 Å². The topological polar surface area (TPSA) is 53.2 Å². The number of rotatable bonds is 4. The van der Waals surface area contributed by atoms with E-state index in [1.54, 1.807) is 12.1 Å². The Bertz CT molecular complexity index is 444. The van der Waals surface area contributed by atoms with E-state index in [4.69, 9.17) is 0 Å². The zero-order chi connectivity index (χ0) is 13.7. The normalized spacial score (nSPS) is 18.9. The Morgan fingerprint density at radius 3 is 3.05 bits per heavy atom. The maximum atomic E-state index is 13.7. The highest BCUT2D eigenvalue weighted by Gasteiger charge is 2.13. The molecule has 1 atom stereocenters. The molecule has 104 valence electrons. The minimum atomic E-state index is -0.294. The largest absolute Gasteiger partial charge is 0.382 e. The second-order valence-electron chi connectivity index (χ2n) is 4.97. The number of benzene rings is 1. The smallest absolute Gasteiger partial charge is 0.221 e. The number of amides is 1. The first-order chi connectivity index (χ1) is 9.15. The summed E-state index contributed by atoms with van der Waals surface area (Å²) in [5.41, 5.74) is 1.05. The van der Waals surface area contributed by atoms with Crippen LogP contribution in [0.15, 0.2) is 18.2 Å². The minimum absolute atomic E-state index is 0.158. The minimum Gasteiger partial charge on any atom is -0.382 e. The number of halogens is 1. The Labute approximate surface area is 112 Å². The van der Waals surface area contributed by atoms with Crippen LogP contribution >= 0.6 is 0 Å². The second kappa shape index (κ2) is 6.52. The first-order valence-corrected chi connectivity index (χ1v) is 6.67. The van der Waals surface area contributed by atoms with Crippen molar-refractivity contribution in [2.24, 2.45) is 5.92 Å². The number of piperidine rings is 1. The predicted octanol–water partition coefficient (Wildman–Crippen LogP) is 2.20. The van der Waals surface area contributed by atoms with Crippen LogP contribution in [0.5, 0.6) is 0 Å². The van der Waals surface area contributed by atoms with Crippen LogP contribution in [0.3, 0.4) is 0 Å². The van der Waals surface area contributed by atoms with E-state index in [1.807, 2.05) is 0 Å². The predicted molar refractivity (Wildman–Crippen MR) is 74.8 cm³/mol. The van der Waals surface area contributed by atoms with Crippen LogP contribution < -0.4 is 16.0 Å². The van der Waals surface area contributed by atoms with Crippen LogP contribution in [0.4, 0.5) is 15.8 Å². The average molecular weight is 265 g/mol. The molecule has 2 rings (SSSR count). The molecule has 1 aliphatic rings. The van der Waals surface area contributed by atoms with Gasteiger partial charge in [-0.1, -0.05) is 0 Å². The van der Waals surface area contributed by atoms with E-state index >= 15 is 0 Å². The number of hydrogen-bond donors (Lipinski definition) is 3. The van der Waals surface area contributed by atoms with Gasteiger partial charge in [0.1, 0.15) is 5.82 Å². The van der Waals surface area contributed by atoms with Crippen molar-refractivity contribution in [1.29, 1.82) is 0 Å². The molecule has 1 aliphatic heterocycles. The molecule has 1 aromatic rings. The van der Waals surface area contributed by atoms with Gasteiger partial charge in [-0.15, -0.1) is 0 Å². The van der Waals surface area contributed by atoms with Crippen molar-refractivity contribution >= 4 is 17.3 Å². The van der Waals surface area contributed by atoms with Crippen molar-refractivity contribution in [1.82, 2.24) is 5.32 Å². The van der Waals surface area contributed by atoms with E-state index in [0.717, 1.165) is 26.1 Å². The summed E-state index contributed by atoms with van der Waals surface area (Å²) in [6, 6.07) is 4.56. The maximum absolute atomic E-state index is 13.7. The van der Waals surface area contributed by atoms with Gasteiger partial charge in [0.05, 0.1) is 5.69 Å². The van der Waals surface area contributed by atoms with Crippen molar-refractivity contribution in [2.75, 3.05) is 30.3 Å². The summed E-state index contributed by atoms with van der Waals surface area (Å²) in [5, 5.41) is 9.11. The van der Waals surface area contributed by atoms with E-state index in [1.165, 1.54) is 19.4 Å². The molecule has 1 saturated heterocycles. The van der Waals surface area contributed by atoms with Crippen molar-refractivity contribution in [3.05, 3.63) is 24.0 Å². The fraction of sp³-hybridized carbons (Fsp3) is 0.500. The third kappa shape index (κ3) is 4.21. The zero-order valence-corrected chi connectivity index (χ0v) is 11.1. The highest BCUT2D eigenvalue weighted by molar-refractivity contribution is 5.89. The Morgan fingerprint density at radius 2 is 2.37 bits per heavy atom. The monoisotopic (exact) mass is 265 g/mol. The SMILES string of the molecule is CC(=O)Nc1ccc(F)c(NCC2CCCNC2)c1. The molecule has 0 aliphatic carbocycles. The van der Waals surface area contributed by atoms with Gasteiger partial charge in [0.25, 0.3) is 0 Å². The van der Waals surface area contributed by atoms with Crippen LogP contribution in [0.1, 0.15) is 19.8 Å². The number of hydrogen-bond acceptors (Lipinski definition) is 3. The van der Waals surface area contributed by atoms with Crippen molar-refractivity contribution in [2.45, 2.75) is 19.8 Å². The van der Waals surface area contributed by atoms with Crippen molar-refractivity contribution in [3.8, 4) is 0 Å². The fourth-order valence-electron chi connectivity index (χ4n) is 2.29. The van der Waals surface area contributed by atoms with Gasteiger partial charge in [0.15, 0.2) is 0 Å². The van der Waals surface area contributed by atoms with Crippen molar-refractivity contribution < 1.29 is 9.18 Å². The standard InChI is InChI=1S/C14H20FN3O/c1-10(19)18-12-4-5-13(15)14(7-12)17-9-11-3-2-6-16-8-11/h4-5,7,11,16-17H,2-3,6,8-9H2,1H3,(H,18,19). The molecule has 1 fully saturated rings. The summed E-state index contributed by atoms with van der Waals surface area (Å²) < 4.78 is 13.7. The molecule has 1 amide bonds. The summed E-state index contributed by atoms with van der Waals surface area (Å²) in [4.78, 5) is 11.0. The molecule has 1 aromatic carbocycles. The van der Waals surface area contributed by atoms with Crippen LogP contribution in [-0.4, -0.2) is 25.5 Å². The van der Waals surface area contributed by atoms with Crippen LogP contribution in [0, 0.1) is 11.7 Å². The van der Waals surface area contributed by atoms with E-state index < -0.39 is 0 Å². The molecule has 3 N–H and O–H groups in total. The summed E-state index contributed by atoms with van der Waals surface area (Å²) in [6.07, 6.45) is 2.33. The number of anilines is 2. The lowest BCUT2D eigenvalue weighted by molar-refractivity contribution is -0.114. The summed E-state index contributed by atoms with van der Waals surface area (Å²) in [6.45, 7) is 4.22. The van der Waals surface area contributed by atoms with Gasteiger partial charge in [-0.25, -0.2) is 4.39 Å². The molecule has 4 nitrogen and oxygen atoms in total. The molecule has 0 spiro atoms. The van der Waals surface area contributed by atoms with E-state index in [9.17, 15) is 9.18 Å². The number of nitrogens with one attached hydrogen (secondary N) is 3. The molecular weight excluding hydrogens is 245 g/mol. The lowest BCUT2D eigenvalue weighted by Gasteiger charge is -2.23. The molecule has 1 heterocycles. The first-order valence-electron chi connectivity index (χ1n) is 6.67. The Hall–Kier alpha value is -1.62. The van der Waals surface area contributed by atoms with Crippen LogP contribution in [0.2, 0.25) is 0 Å². The van der Waals surface area contributed by atoms with Gasteiger partial charge >= 0.3 is 0 Å². The zero-order valence-electron chi connectivity index (χ0n) is 11.1. The molecule has 0 radical (unpaired) electrons. The molecule has 1 unspecified atom stereocenters. The molecule has 0 saturated carbocycles. The molecule has 0 aromatic heterocycles. The third-order valence-electron chi connectivity index (χ3n) is 3.27. The Morgan fingerprint density at radius 1 is 1.53 bits per heavy atom. The number of carbonyl (C=O) groups is 1. The summed E-state index contributed by atoms with van der Waals surface area (Å²) >= 11 is 0. The van der Waals surface area contributed by atoms with E-state index in [2.05, 4.69) is 16.0 Å². The quantitative estimate of drug-likeness (QED) is 0.782. The van der Waals surface area contributed by atoms with Gasteiger partial charge in [0.2, 0.25) is 5.91 Å². The van der Waals surface area contributed by atoms with E-state index in [0.29, 0.717) is 17.3 Å². The van der Waals surface area contributed by atoms with E-state index in [-0.39, 0.29) is 11.7 Å². The van der Waals surface area contributed by atoms with Crippen LogP contribution in [0.25, 0.3) is 0 Å². The van der Waals surface area contributed by atoms with Gasteiger partial charge < -0.3 is 16.0 Å².